The maximum Gasteiger partial charge on any atom is 0.358 e. The summed E-state index contributed by atoms with van der Waals surface area (Å²) in [5.41, 5.74) is -0.713. The van der Waals surface area contributed by atoms with Gasteiger partial charge in [-0.3, -0.25) is 4.98 Å². The maximum atomic E-state index is 11.3. The van der Waals surface area contributed by atoms with Crippen molar-refractivity contribution >= 4 is 23.5 Å². The summed E-state index contributed by atoms with van der Waals surface area (Å²) in [6.07, 6.45) is 4.74. The fourth-order valence-corrected chi connectivity index (χ4v) is 2.02. The van der Waals surface area contributed by atoms with Gasteiger partial charge in [0.1, 0.15) is 5.82 Å². The van der Waals surface area contributed by atoms with Gasteiger partial charge in [-0.2, -0.15) is 11.8 Å². The molecule has 0 bridgehead atoms. The summed E-state index contributed by atoms with van der Waals surface area (Å²) in [6.45, 7) is 2.06. The van der Waals surface area contributed by atoms with Gasteiger partial charge in [-0.25, -0.2) is 9.78 Å². The predicted molar refractivity (Wildman–Crippen MR) is 70.9 cm³/mol. The number of anilines is 1. The Labute approximate surface area is 110 Å². The fourth-order valence-electron chi connectivity index (χ4n) is 1.30. The third-order valence-corrected chi connectivity index (χ3v) is 3.05. The third-order valence-electron chi connectivity index (χ3n) is 2.13. The third kappa shape index (κ3) is 4.50. The number of esters is 1. The van der Waals surface area contributed by atoms with E-state index in [9.17, 15) is 9.90 Å². The molecule has 1 atom stereocenters. The van der Waals surface area contributed by atoms with Crippen molar-refractivity contribution in [2.24, 2.45) is 0 Å². The van der Waals surface area contributed by atoms with Crippen LogP contribution in [0.25, 0.3) is 0 Å². The number of hydrogen-bond acceptors (Lipinski definition) is 7. The Morgan fingerprint density at radius 1 is 1.61 bits per heavy atom. The summed E-state index contributed by atoms with van der Waals surface area (Å²) >= 11 is 1.56. The molecule has 1 unspecified atom stereocenters. The number of rotatable bonds is 6. The van der Waals surface area contributed by atoms with Gasteiger partial charge in [-0.05, 0) is 13.2 Å². The Balaban J connectivity index is 2.65. The summed E-state index contributed by atoms with van der Waals surface area (Å²) in [7, 11) is 1.29. The van der Waals surface area contributed by atoms with Crippen molar-refractivity contribution in [3.05, 3.63) is 18.1 Å². The van der Waals surface area contributed by atoms with Crippen molar-refractivity contribution < 1.29 is 14.6 Å². The van der Waals surface area contributed by atoms with E-state index < -0.39 is 11.6 Å². The van der Waals surface area contributed by atoms with E-state index in [1.54, 1.807) is 18.7 Å². The van der Waals surface area contributed by atoms with Crippen LogP contribution in [-0.2, 0) is 4.74 Å². The molecule has 0 fully saturated rings. The molecule has 1 aromatic heterocycles. The van der Waals surface area contributed by atoms with Gasteiger partial charge in [0.05, 0.1) is 25.1 Å². The molecular weight excluding hydrogens is 254 g/mol. The van der Waals surface area contributed by atoms with Crippen LogP contribution in [-0.4, -0.2) is 52.3 Å². The Morgan fingerprint density at radius 2 is 2.33 bits per heavy atom. The van der Waals surface area contributed by atoms with Gasteiger partial charge >= 0.3 is 5.97 Å². The molecule has 0 aliphatic heterocycles. The first-order chi connectivity index (χ1) is 8.48. The summed E-state index contributed by atoms with van der Waals surface area (Å²) in [5, 5.41) is 12.9. The number of ether oxygens (including phenoxy) is 1. The molecule has 0 saturated carbocycles. The van der Waals surface area contributed by atoms with Crippen LogP contribution < -0.4 is 5.32 Å². The smallest absolute Gasteiger partial charge is 0.358 e. The minimum atomic E-state index is -0.845. The van der Waals surface area contributed by atoms with E-state index in [-0.39, 0.29) is 5.69 Å². The minimum Gasteiger partial charge on any atom is -0.464 e. The number of hydrogen-bond donors (Lipinski definition) is 2. The van der Waals surface area contributed by atoms with Gasteiger partial charge in [0.25, 0.3) is 0 Å². The first-order valence-electron chi connectivity index (χ1n) is 5.34. The summed E-state index contributed by atoms with van der Waals surface area (Å²) in [6, 6.07) is 0. The van der Waals surface area contributed by atoms with Crippen LogP contribution in [0.3, 0.4) is 0 Å². The lowest BCUT2D eigenvalue weighted by Gasteiger charge is -2.22. The standard InChI is InChI=1S/C11H17N3O3S/c1-11(16,7-18-3)6-13-9-5-12-4-8(14-9)10(15)17-2/h4-5,16H,6-7H2,1-3H3,(H,13,14). The highest BCUT2D eigenvalue weighted by Crippen LogP contribution is 2.12. The lowest BCUT2D eigenvalue weighted by atomic mass is 10.1. The van der Waals surface area contributed by atoms with Crippen LogP contribution in [0.1, 0.15) is 17.4 Å². The molecule has 0 aliphatic carbocycles. The molecule has 0 aliphatic rings. The van der Waals surface area contributed by atoms with E-state index >= 15 is 0 Å². The molecule has 6 nitrogen and oxygen atoms in total. The molecule has 0 saturated heterocycles. The number of nitrogens with zero attached hydrogens (tertiary/aromatic N) is 2. The van der Waals surface area contributed by atoms with E-state index in [4.69, 9.17) is 0 Å². The molecule has 1 aromatic rings. The van der Waals surface area contributed by atoms with Gasteiger partial charge in [0, 0.05) is 12.3 Å². The SMILES string of the molecule is COC(=O)c1cncc(NCC(C)(O)CSC)n1. The second-order valence-corrected chi connectivity index (χ2v) is 4.93. The van der Waals surface area contributed by atoms with Crippen LogP contribution in [0.15, 0.2) is 12.4 Å². The molecule has 1 heterocycles. The zero-order valence-corrected chi connectivity index (χ0v) is 11.5. The highest BCUT2D eigenvalue weighted by Gasteiger charge is 2.19. The second kappa shape index (κ2) is 6.55. The Bertz CT molecular complexity index is 412. The zero-order chi connectivity index (χ0) is 13.6. The summed E-state index contributed by atoms with van der Waals surface area (Å²) in [4.78, 5) is 19.2. The van der Waals surface area contributed by atoms with Crippen LogP contribution in [0, 0.1) is 0 Å². The molecule has 0 radical (unpaired) electrons. The molecule has 0 amide bonds. The Kier molecular flexibility index (Phi) is 5.36. The maximum absolute atomic E-state index is 11.3. The number of thioether (sulfide) groups is 1. The highest BCUT2D eigenvalue weighted by molar-refractivity contribution is 7.98. The zero-order valence-electron chi connectivity index (χ0n) is 10.6. The Morgan fingerprint density at radius 3 is 2.94 bits per heavy atom. The van der Waals surface area contributed by atoms with E-state index in [0.29, 0.717) is 18.1 Å². The summed E-state index contributed by atoms with van der Waals surface area (Å²) in [5.74, 6) is 0.491. The number of aromatic nitrogens is 2. The molecule has 100 valence electrons. The topological polar surface area (TPSA) is 84.3 Å². The van der Waals surface area contributed by atoms with E-state index in [0.717, 1.165) is 0 Å². The van der Waals surface area contributed by atoms with E-state index in [1.807, 2.05) is 6.26 Å². The fraction of sp³-hybridized carbons (Fsp3) is 0.545. The van der Waals surface area contributed by atoms with Gasteiger partial charge < -0.3 is 15.2 Å². The van der Waals surface area contributed by atoms with Gasteiger partial charge in [0.2, 0.25) is 0 Å². The summed E-state index contributed by atoms with van der Waals surface area (Å²) < 4.78 is 4.55. The van der Waals surface area contributed by atoms with Crippen LogP contribution >= 0.6 is 11.8 Å². The molecule has 7 heteroatoms. The largest absolute Gasteiger partial charge is 0.464 e. The minimum absolute atomic E-state index is 0.131. The van der Waals surface area contributed by atoms with Crippen molar-refractivity contribution in [2.75, 3.05) is 31.0 Å². The lowest BCUT2D eigenvalue weighted by Crippen LogP contribution is -2.36. The van der Waals surface area contributed by atoms with Crippen molar-refractivity contribution in [2.45, 2.75) is 12.5 Å². The molecule has 18 heavy (non-hydrogen) atoms. The predicted octanol–water partition coefficient (Wildman–Crippen LogP) is 0.789. The van der Waals surface area contributed by atoms with Crippen LogP contribution in [0.2, 0.25) is 0 Å². The lowest BCUT2D eigenvalue weighted by molar-refractivity contribution is 0.0593. The van der Waals surface area contributed by atoms with Gasteiger partial charge in [-0.1, -0.05) is 0 Å². The average Bonchev–Trinajstić information content (AvgIpc) is 2.36. The van der Waals surface area contributed by atoms with Gasteiger partial charge in [-0.15, -0.1) is 0 Å². The molecular formula is C11H17N3O3S. The normalized spacial score (nSPS) is 13.8. The molecule has 1 rings (SSSR count). The van der Waals surface area contributed by atoms with Crippen molar-refractivity contribution in [1.82, 2.24) is 9.97 Å². The first kappa shape index (κ1) is 14.7. The number of carbonyl (C=O) groups is 1. The molecule has 0 aromatic carbocycles. The van der Waals surface area contributed by atoms with Crippen LogP contribution in [0.5, 0.6) is 0 Å². The average molecular weight is 271 g/mol. The van der Waals surface area contributed by atoms with Crippen LogP contribution in [0.4, 0.5) is 5.82 Å². The number of methoxy groups -OCH3 is 1. The second-order valence-electron chi connectivity index (χ2n) is 4.06. The van der Waals surface area contributed by atoms with E-state index in [1.165, 1.54) is 19.5 Å². The number of carbonyl (C=O) groups excluding carboxylic acids is 1. The molecule has 0 spiro atoms. The number of aliphatic hydroxyl groups is 1. The van der Waals surface area contributed by atoms with E-state index in [2.05, 4.69) is 20.0 Å². The van der Waals surface area contributed by atoms with Crippen molar-refractivity contribution in [3.8, 4) is 0 Å². The molecule has 2 N–H and O–H groups in total. The van der Waals surface area contributed by atoms with Crippen molar-refractivity contribution in [3.63, 3.8) is 0 Å². The van der Waals surface area contributed by atoms with Crippen molar-refractivity contribution in [1.29, 1.82) is 0 Å². The Hall–Kier alpha value is -1.34. The van der Waals surface area contributed by atoms with Gasteiger partial charge in [0.15, 0.2) is 5.69 Å². The first-order valence-corrected chi connectivity index (χ1v) is 6.73. The highest BCUT2D eigenvalue weighted by atomic mass is 32.2. The number of nitrogens with one attached hydrogen (secondary N) is 1. The quantitative estimate of drug-likeness (QED) is 0.740. The monoisotopic (exact) mass is 271 g/mol.